The van der Waals surface area contributed by atoms with E-state index in [1.165, 1.54) is 31.4 Å². The Morgan fingerprint density at radius 1 is 1.15 bits per heavy atom. The first-order valence-electron chi connectivity index (χ1n) is 7.13. The van der Waals surface area contributed by atoms with Crippen molar-refractivity contribution in [2.45, 2.75) is 44.3 Å². The average Bonchev–Trinajstić information content (AvgIpc) is 2.43. The zero-order chi connectivity index (χ0) is 14.4. The van der Waals surface area contributed by atoms with E-state index in [1.54, 1.807) is 0 Å². The maximum Gasteiger partial charge on any atom is 0.128 e. The summed E-state index contributed by atoms with van der Waals surface area (Å²) in [5.74, 6) is -1.28. The summed E-state index contributed by atoms with van der Waals surface area (Å²) in [7, 11) is 0. The van der Waals surface area contributed by atoms with Gasteiger partial charge in [-0.2, -0.15) is 0 Å². The van der Waals surface area contributed by atoms with Gasteiger partial charge < -0.3 is 15.2 Å². The van der Waals surface area contributed by atoms with E-state index in [2.05, 4.69) is 5.32 Å². The Kier molecular flexibility index (Phi) is 5.73. The van der Waals surface area contributed by atoms with Gasteiger partial charge in [-0.3, -0.25) is 0 Å². The van der Waals surface area contributed by atoms with Crippen LogP contribution < -0.4 is 5.32 Å². The van der Waals surface area contributed by atoms with Gasteiger partial charge in [-0.1, -0.05) is 19.3 Å². The molecule has 0 amide bonds. The molecule has 112 valence electrons. The average molecular weight is 285 g/mol. The number of aliphatic hydroxyl groups excluding tert-OH is 1. The second-order valence-electron chi connectivity index (χ2n) is 5.29. The van der Waals surface area contributed by atoms with Crippen molar-refractivity contribution in [2.24, 2.45) is 0 Å². The molecule has 1 aliphatic carbocycles. The fourth-order valence-corrected chi connectivity index (χ4v) is 2.43. The monoisotopic (exact) mass is 285 g/mol. The molecule has 20 heavy (non-hydrogen) atoms. The first-order chi connectivity index (χ1) is 9.63. The smallest absolute Gasteiger partial charge is 0.128 e. The van der Waals surface area contributed by atoms with Crippen LogP contribution in [0.15, 0.2) is 18.2 Å². The van der Waals surface area contributed by atoms with Gasteiger partial charge in [-0.25, -0.2) is 8.78 Å². The summed E-state index contributed by atoms with van der Waals surface area (Å²) in [6, 6.07) is 3.20. The van der Waals surface area contributed by atoms with Crippen molar-refractivity contribution in [3.63, 3.8) is 0 Å². The molecule has 5 heteroatoms. The number of nitrogens with one attached hydrogen (secondary N) is 1. The van der Waals surface area contributed by atoms with Gasteiger partial charge in [0, 0.05) is 18.3 Å². The molecule has 3 nitrogen and oxygen atoms in total. The van der Waals surface area contributed by atoms with E-state index in [9.17, 15) is 13.9 Å². The zero-order valence-corrected chi connectivity index (χ0v) is 11.4. The molecule has 2 rings (SSSR count). The number of anilines is 1. The third kappa shape index (κ3) is 5.06. The lowest BCUT2D eigenvalue weighted by Gasteiger charge is -2.23. The van der Waals surface area contributed by atoms with Crippen molar-refractivity contribution in [2.75, 3.05) is 18.5 Å². The number of halogens is 2. The van der Waals surface area contributed by atoms with Gasteiger partial charge in [0.25, 0.3) is 0 Å². The molecule has 0 bridgehead atoms. The van der Waals surface area contributed by atoms with Crippen molar-refractivity contribution in [1.82, 2.24) is 0 Å². The highest BCUT2D eigenvalue weighted by Crippen LogP contribution is 2.20. The van der Waals surface area contributed by atoms with E-state index in [-0.39, 0.29) is 19.3 Å². The Hall–Kier alpha value is -1.20. The van der Waals surface area contributed by atoms with Crippen LogP contribution in [0.25, 0.3) is 0 Å². The lowest BCUT2D eigenvalue weighted by atomic mass is 9.98. The summed E-state index contributed by atoms with van der Waals surface area (Å²) in [6.45, 7) is 0.449. The fraction of sp³-hybridized carbons (Fsp3) is 0.600. The molecule has 0 saturated heterocycles. The summed E-state index contributed by atoms with van der Waals surface area (Å²) in [4.78, 5) is 0. The van der Waals surface area contributed by atoms with Crippen molar-refractivity contribution < 1.29 is 18.6 Å². The second kappa shape index (κ2) is 7.55. The molecule has 0 aromatic heterocycles. The van der Waals surface area contributed by atoms with Crippen LogP contribution in [0, 0.1) is 11.6 Å². The van der Waals surface area contributed by atoms with Gasteiger partial charge in [0.2, 0.25) is 0 Å². The van der Waals surface area contributed by atoms with E-state index >= 15 is 0 Å². The lowest BCUT2D eigenvalue weighted by molar-refractivity contribution is -0.0195. The highest BCUT2D eigenvalue weighted by atomic mass is 19.1. The third-order valence-electron chi connectivity index (χ3n) is 3.48. The van der Waals surface area contributed by atoms with Crippen LogP contribution in [0.5, 0.6) is 0 Å². The molecular weight excluding hydrogens is 264 g/mol. The van der Waals surface area contributed by atoms with Crippen LogP contribution in [-0.2, 0) is 4.74 Å². The van der Waals surface area contributed by atoms with Gasteiger partial charge >= 0.3 is 0 Å². The number of ether oxygens (including phenoxy) is 1. The maximum atomic E-state index is 13.0. The number of aliphatic hydroxyl groups is 1. The molecule has 0 heterocycles. The summed E-state index contributed by atoms with van der Waals surface area (Å²) < 4.78 is 31.6. The third-order valence-corrected chi connectivity index (χ3v) is 3.48. The van der Waals surface area contributed by atoms with Gasteiger partial charge in [-0.05, 0) is 25.0 Å². The molecule has 1 aromatic carbocycles. The Balaban J connectivity index is 1.70. The second-order valence-corrected chi connectivity index (χ2v) is 5.29. The topological polar surface area (TPSA) is 41.5 Å². The minimum absolute atomic E-state index is 0.204. The Bertz CT molecular complexity index is 402. The van der Waals surface area contributed by atoms with Crippen LogP contribution >= 0.6 is 0 Å². The summed E-state index contributed by atoms with van der Waals surface area (Å²) in [6.07, 6.45) is 5.27. The van der Waals surface area contributed by atoms with Crippen molar-refractivity contribution in [3.05, 3.63) is 29.8 Å². The summed E-state index contributed by atoms with van der Waals surface area (Å²) >= 11 is 0. The normalized spacial score (nSPS) is 17.9. The number of benzene rings is 1. The Morgan fingerprint density at radius 3 is 2.45 bits per heavy atom. The SMILES string of the molecule is OC(CNc1cc(F)cc(F)c1)COC1CCCCC1. The standard InChI is InChI=1S/C15H21F2NO2/c16-11-6-12(17)8-13(7-11)18-9-14(19)10-20-15-4-2-1-3-5-15/h6-8,14-15,18-19H,1-5,9-10H2. The highest BCUT2D eigenvalue weighted by molar-refractivity contribution is 5.43. The first-order valence-corrected chi connectivity index (χ1v) is 7.13. The van der Waals surface area contributed by atoms with Crippen LogP contribution in [0.2, 0.25) is 0 Å². The van der Waals surface area contributed by atoms with Crippen LogP contribution in [0.3, 0.4) is 0 Å². The van der Waals surface area contributed by atoms with E-state index in [1.807, 2.05) is 0 Å². The first kappa shape index (κ1) is 15.2. The molecule has 1 aromatic rings. The predicted octanol–water partition coefficient (Wildman–Crippen LogP) is 3.09. The Labute approximate surface area is 117 Å². The largest absolute Gasteiger partial charge is 0.389 e. The van der Waals surface area contributed by atoms with Crippen LogP contribution in [0.1, 0.15) is 32.1 Å². The van der Waals surface area contributed by atoms with Gasteiger partial charge in [-0.15, -0.1) is 0 Å². The molecule has 1 aliphatic rings. The highest BCUT2D eigenvalue weighted by Gasteiger charge is 2.15. The maximum absolute atomic E-state index is 13.0. The minimum Gasteiger partial charge on any atom is -0.389 e. The number of hydrogen-bond acceptors (Lipinski definition) is 3. The molecule has 1 fully saturated rings. The quantitative estimate of drug-likeness (QED) is 0.844. The summed E-state index contributed by atoms with van der Waals surface area (Å²) in [5, 5.41) is 12.6. The summed E-state index contributed by atoms with van der Waals surface area (Å²) in [5.41, 5.74) is 0.319. The molecule has 1 atom stereocenters. The number of rotatable bonds is 6. The van der Waals surface area contributed by atoms with E-state index in [0.29, 0.717) is 5.69 Å². The molecule has 2 N–H and O–H groups in total. The Morgan fingerprint density at radius 2 is 1.80 bits per heavy atom. The van der Waals surface area contributed by atoms with Crippen molar-refractivity contribution in [1.29, 1.82) is 0 Å². The van der Waals surface area contributed by atoms with Gasteiger partial charge in [0.15, 0.2) is 0 Å². The molecule has 0 radical (unpaired) electrons. The lowest BCUT2D eigenvalue weighted by Crippen LogP contribution is -2.28. The van der Waals surface area contributed by atoms with Gasteiger partial charge in [0.05, 0.1) is 18.8 Å². The van der Waals surface area contributed by atoms with Crippen LogP contribution in [0.4, 0.5) is 14.5 Å². The molecule has 1 unspecified atom stereocenters. The molecule has 0 aliphatic heterocycles. The van der Waals surface area contributed by atoms with Crippen molar-refractivity contribution >= 4 is 5.69 Å². The zero-order valence-electron chi connectivity index (χ0n) is 11.4. The van der Waals surface area contributed by atoms with E-state index in [0.717, 1.165) is 18.9 Å². The van der Waals surface area contributed by atoms with E-state index in [4.69, 9.17) is 4.74 Å². The molecule has 1 saturated carbocycles. The number of hydrogen-bond donors (Lipinski definition) is 2. The molecule has 0 spiro atoms. The van der Waals surface area contributed by atoms with E-state index < -0.39 is 17.7 Å². The predicted molar refractivity (Wildman–Crippen MR) is 73.7 cm³/mol. The fourth-order valence-electron chi connectivity index (χ4n) is 2.43. The van der Waals surface area contributed by atoms with Crippen molar-refractivity contribution in [3.8, 4) is 0 Å². The minimum atomic E-state index is -0.691. The van der Waals surface area contributed by atoms with Crippen LogP contribution in [-0.4, -0.2) is 30.5 Å². The molecular formula is C15H21F2NO2. The van der Waals surface area contributed by atoms with Gasteiger partial charge in [0.1, 0.15) is 11.6 Å².